The first kappa shape index (κ1) is 10.0. The summed E-state index contributed by atoms with van der Waals surface area (Å²) in [5.74, 6) is -1.19. The molecule has 0 aliphatic rings. The highest BCUT2D eigenvalue weighted by molar-refractivity contribution is 8.19. The Kier molecular flexibility index (Phi) is 2.58. The average Bonchev–Trinajstić information content (AvgIpc) is 2.03. The molecule has 0 aliphatic heterocycles. The van der Waals surface area contributed by atoms with Crippen molar-refractivity contribution in [3.8, 4) is 0 Å². The van der Waals surface area contributed by atoms with Crippen molar-refractivity contribution in [2.24, 2.45) is 0 Å². The Balaban J connectivity index is 3.13. The maximum Gasteiger partial charge on any atom is 0.335 e. The van der Waals surface area contributed by atoms with E-state index in [1.807, 2.05) is 0 Å². The Hall–Kier alpha value is -1.08. The summed E-state index contributed by atoms with van der Waals surface area (Å²) in [6.45, 7) is 0. The summed E-state index contributed by atoms with van der Waals surface area (Å²) in [7, 11) is -3.82. The SMILES string of the molecule is O=C(O)c1cccc(S(O)(O)O)c1. The molecular formula is C7H8O5S. The van der Waals surface area contributed by atoms with E-state index in [1.54, 1.807) is 0 Å². The van der Waals surface area contributed by atoms with E-state index >= 15 is 0 Å². The third-order valence-corrected chi connectivity index (χ3v) is 2.28. The zero-order valence-corrected chi connectivity index (χ0v) is 7.23. The molecule has 0 amide bonds. The quantitative estimate of drug-likeness (QED) is 0.590. The lowest BCUT2D eigenvalue weighted by atomic mass is 10.2. The maximum atomic E-state index is 10.4. The van der Waals surface area contributed by atoms with E-state index in [-0.39, 0.29) is 10.5 Å². The van der Waals surface area contributed by atoms with Gasteiger partial charge < -0.3 is 18.8 Å². The highest BCUT2D eigenvalue weighted by Crippen LogP contribution is 2.43. The molecule has 0 radical (unpaired) electrons. The third-order valence-electron chi connectivity index (χ3n) is 1.40. The molecule has 0 saturated heterocycles. The smallest absolute Gasteiger partial charge is 0.335 e. The fourth-order valence-electron chi connectivity index (χ4n) is 0.799. The first-order chi connectivity index (χ1) is 5.91. The summed E-state index contributed by atoms with van der Waals surface area (Å²) in [5, 5.41) is 8.54. The van der Waals surface area contributed by atoms with Gasteiger partial charge >= 0.3 is 5.97 Å². The number of benzene rings is 1. The van der Waals surface area contributed by atoms with E-state index in [0.29, 0.717) is 0 Å². The molecule has 1 aromatic carbocycles. The molecule has 4 N–H and O–H groups in total. The molecule has 6 heteroatoms. The highest BCUT2D eigenvalue weighted by Gasteiger charge is 2.16. The summed E-state index contributed by atoms with van der Waals surface area (Å²) >= 11 is 0. The number of rotatable bonds is 2. The van der Waals surface area contributed by atoms with Crippen molar-refractivity contribution in [2.75, 3.05) is 0 Å². The van der Waals surface area contributed by atoms with Crippen molar-refractivity contribution in [3.05, 3.63) is 29.8 Å². The van der Waals surface area contributed by atoms with Crippen LogP contribution in [0.2, 0.25) is 0 Å². The molecule has 13 heavy (non-hydrogen) atoms. The second-order valence-corrected chi connectivity index (χ2v) is 3.86. The predicted octanol–water partition coefficient (Wildman–Crippen LogP) is 1.97. The second-order valence-electron chi connectivity index (χ2n) is 2.35. The average molecular weight is 204 g/mol. The lowest BCUT2D eigenvalue weighted by Crippen LogP contribution is -2.00. The minimum Gasteiger partial charge on any atom is -0.478 e. The largest absolute Gasteiger partial charge is 0.478 e. The summed E-state index contributed by atoms with van der Waals surface area (Å²) in [4.78, 5) is 10.2. The molecule has 0 saturated carbocycles. The van der Waals surface area contributed by atoms with Gasteiger partial charge in [-0.05, 0) is 18.2 Å². The zero-order chi connectivity index (χ0) is 10.1. The van der Waals surface area contributed by atoms with Crippen LogP contribution in [-0.2, 0) is 0 Å². The van der Waals surface area contributed by atoms with Crippen molar-refractivity contribution >= 4 is 16.8 Å². The lowest BCUT2D eigenvalue weighted by Gasteiger charge is -2.18. The van der Waals surface area contributed by atoms with Gasteiger partial charge in [0.2, 0.25) is 0 Å². The molecule has 0 spiro atoms. The molecule has 1 rings (SSSR count). The van der Waals surface area contributed by atoms with Gasteiger partial charge in [-0.2, -0.15) is 0 Å². The van der Waals surface area contributed by atoms with Crippen molar-refractivity contribution in [2.45, 2.75) is 4.90 Å². The minimum absolute atomic E-state index is 0.105. The van der Waals surface area contributed by atoms with Crippen LogP contribution in [0.15, 0.2) is 29.2 Å². The molecule has 0 aromatic heterocycles. The van der Waals surface area contributed by atoms with Crippen LogP contribution >= 0.6 is 10.9 Å². The molecule has 0 unspecified atom stereocenters. The number of hydrogen-bond donors (Lipinski definition) is 4. The van der Waals surface area contributed by atoms with Gasteiger partial charge in [-0.15, -0.1) is 0 Å². The van der Waals surface area contributed by atoms with Crippen LogP contribution in [0.3, 0.4) is 0 Å². The number of carboxylic acids is 1. The zero-order valence-electron chi connectivity index (χ0n) is 6.41. The van der Waals surface area contributed by atoms with Crippen molar-refractivity contribution in [1.29, 1.82) is 0 Å². The summed E-state index contributed by atoms with van der Waals surface area (Å²) < 4.78 is 26.4. The highest BCUT2D eigenvalue weighted by atomic mass is 32.3. The molecule has 0 heterocycles. The Morgan fingerprint density at radius 1 is 1.23 bits per heavy atom. The normalized spacial score (nSPS) is 12.5. The van der Waals surface area contributed by atoms with E-state index in [2.05, 4.69) is 0 Å². The Morgan fingerprint density at radius 3 is 2.31 bits per heavy atom. The molecule has 1 aromatic rings. The fourth-order valence-corrected chi connectivity index (χ4v) is 1.35. The van der Waals surface area contributed by atoms with Crippen LogP contribution in [0.5, 0.6) is 0 Å². The minimum atomic E-state index is -3.82. The van der Waals surface area contributed by atoms with Crippen molar-refractivity contribution < 1.29 is 23.6 Å². The molecule has 0 atom stereocenters. The van der Waals surface area contributed by atoms with Crippen molar-refractivity contribution in [3.63, 3.8) is 0 Å². The van der Waals surface area contributed by atoms with Gasteiger partial charge in [0.15, 0.2) is 0 Å². The van der Waals surface area contributed by atoms with E-state index in [9.17, 15) is 4.79 Å². The summed E-state index contributed by atoms with van der Waals surface area (Å²) in [5.41, 5.74) is -0.105. The topological polar surface area (TPSA) is 98.0 Å². The van der Waals surface area contributed by atoms with Gasteiger partial charge in [-0.1, -0.05) is 6.07 Å². The van der Waals surface area contributed by atoms with Crippen LogP contribution in [0.4, 0.5) is 0 Å². The number of aromatic carboxylic acids is 1. The predicted molar refractivity (Wildman–Crippen MR) is 47.1 cm³/mol. The standard InChI is InChI=1S/C7H8O5S/c8-7(9)5-2-1-3-6(4-5)13(10,11)12/h1-4,10-12H,(H,8,9). The summed E-state index contributed by atoms with van der Waals surface area (Å²) in [6.07, 6.45) is 0. The summed E-state index contributed by atoms with van der Waals surface area (Å²) in [6, 6.07) is 4.86. The van der Waals surface area contributed by atoms with Gasteiger partial charge in [0, 0.05) is 0 Å². The van der Waals surface area contributed by atoms with Gasteiger partial charge in [0.1, 0.15) is 10.9 Å². The lowest BCUT2D eigenvalue weighted by molar-refractivity contribution is 0.0696. The van der Waals surface area contributed by atoms with Crippen LogP contribution in [0, 0.1) is 0 Å². The van der Waals surface area contributed by atoms with Gasteiger partial charge in [-0.3, -0.25) is 0 Å². The van der Waals surface area contributed by atoms with Crippen molar-refractivity contribution in [1.82, 2.24) is 0 Å². The molecule has 0 fully saturated rings. The Morgan fingerprint density at radius 2 is 1.85 bits per heavy atom. The number of hydrogen-bond acceptors (Lipinski definition) is 4. The van der Waals surface area contributed by atoms with Gasteiger partial charge in [0.05, 0.1) is 10.5 Å². The maximum absolute atomic E-state index is 10.4. The molecule has 0 aliphatic carbocycles. The van der Waals surface area contributed by atoms with Crippen LogP contribution in [0.25, 0.3) is 0 Å². The van der Waals surface area contributed by atoms with Crippen LogP contribution < -0.4 is 0 Å². The number of carboxylic acid groups (broad SMARTS) is 1. The van der Waals surface area contributed by atoms with Crippen LogP contribution in [0.1, 0.15) is 10.4 Å². The first-order valence-electron chi connectivity index (χ1n) is 3.25. The van der Waals surface area contributed by atoms with E-state index in [1.165, 1.54) is 18.2 Å². The number of carbonyl (C=O) groups is 1. The van der Waals surface area contributed by atoms with Gasteiger partial charge in [0.25, 0.3) is 0 Å². The Bertz CT molecular complexity index is 330. The van der Waals surface area contributed by atoms with Crippen LogP contribution in [-0.4, -0.2) is 24.7 Å². The second kappa shape index (κ2) is 3.35. The fraction of sp³-hybridized carbons (Fsp3) is 0. The third kappa shape index (κ3) is 2.43. The molecule has 72 valence electrons. The van der Waals surface area contributed by atoms with E-state index in [0.717, 1.165) is 6.07 Å². The molecular weight excluding hydrogens is 196 g/mol. The first-order valence-corrected chi connectivity index (χ1v) is 4.75. The van der Waals surface area contributed by atoms with Gasteiger partial charge in [-0.25, -0.2) is 4.79 Å². The molecule has 0 bridgehead atoms. The van der Waals surface area contributed by atoms with E-state index in [4.69, 9.17) is 18.8 Å². The Labute approximate surface area is 75.8 Å². The molecule has 5 nitrogen and oxygen atoms in total. The van der Waals surface area contributed by atoms with E-state index < -0.39 is 16.8 Å². The monoisotopic (exact) mass is 204 g/mol.